The van der Waals surface area contributed by atoms with Crippen molar-refractivity contribution in [3.8, 4) is 0 Å². The molecule has 0 aromatic carbocycles. The molecule has 14 heavy (non-hydrogen) atoms. The van der Waals surface area contributed by atoms with Crippen LogP contribution in [0.2, 0.25) is 0 Å². The van der Waals surface area contributed by atoms with E-state index in [0.717, 1.165) is 28.8 Å². The smallest absolute Gasteiger partial charge is 0.0943 e. The molecule has 78 valence electrons. The van der Waals surface area contributed by atoms with Gasteiger partial charge in [0.25, 0.3) is 0 Å². The van der Waals surface area contributed by atoms with Crippen LogP contribution < -0.4 is 0 Å². The summed E-state index contributed by atoms with van der Waals surface area (Å²) in [6.07, 6.45) is 1.75. The van der Waals surface area contributed by atoms with Crippen LogP contribution in [0.15, 0.2) is 15.9 Å². The zero-order valence-corrected chi connectivity index (χ0v) is 10.2. The van der Waals surface area contributed by atoms with Gasteiger partial charge in [-0.05, 0) is 40.2 Å². The fourth-order valence-corrected chi connectivity index (χ4v) is 3.43. The molecular formula is C10H13BrO2S. The first kappa shape index (κ1) is 10.6. The molecule has 2 atom stereocenters. The molecule has 0 bridgehead atoms. The van der Waals surface area contributed by atoms with E-state index in [1.165, 1.54) is 0 Å². The second kappa shape index (κ2) is 4.75. The molecule has 0 radical (unpaired) electrons. The molecule has 1 aliphatic rings. The molecule has 1 aliphatic heterocycles. The number of aliphatic hydroxyl groups is 1. The molecule has 1 aromatic rings. The van der Waals surface area contributed by atoms with Crippen LogP contribution in [0.5, 0.6) is 0 Å². The second-order valence-electron chi connectivity index (χ2n) is 3.55. The monoisotopic (exact) mass is 276 g/mol. The standard InChI is InChI=1S/C10H13BrO2S/c11-8-3-5-14-10(8)9(12)7-2-1-4-13-6-7/h3,5,7,9,12H,1-2,4,6H2. The van der Waals surface area contributed by atoms with E-state index in [1.807, 2.05) is 11.4 Å². The Morgan fingerprint density at radius 2 is 2.50 bits per heavy atom. The van der Waals surface area contributed by atoms with Gasteiger partial charge in [-0.15, -0.1) is 11.3 Å². The Hall–Kier alpha value is 0.1000. The van der Waals surface area contributed by atoms with Gasteiger partial charge in [0, 0.05) is 21.9 Å². The predicted molar refractivity (Wildman–Crippen MR) is 60.5 cm³/mol. The topological polar surface area (TPSA) is 29.5 Å². The van der Waals surface area contributed by atoms with Gasteiger partial charge < -0.3 is 9.84 Å². The van der Waals surface area contributed by atoms with Crippen LogP contribution in [0.25, 0.3) is 0 Å². The molecule has 1 aromatic heterocycles. The molecule has 4 heteroatoms. The average Bonchev–Trinajstić information content (AvgIpc) is 2.65. The maximum atomic E-state index is 10.1. The van der Waals surface area contributed by atoms with Gasteiger partial charge in [0.05, 0.1) is 12.7 Å². The highest BCUT2D eigenvalue weighted by atomic mass is 79.9. The van der Waals surface area contributed by atoms with Crippen molar-refractivity contribution in [1.29, 1.82) is 0 Å². The summed E-state index contributed by atoms with van der Waals surface area (Å²) in [5, 5.41) is 12.1. The predicted octanol–water partition coefficient (Wildman–Crippen LogP) is 2.97. The Bertz CT molecular complexity index is 294. The van der Waals surface area contributed by atoms with Crippen LogP contribution in [-0.4, -0.2) is 18.3 Å². The molecular weight excluding hydrogens is 264 g/mol. The van der Waals surface area contributed by atoms with Gasteiger partial charge in [-0.25, -0.2) is 0 Å². The van der Waals surface area contributed by atoms with Gasteiger partial charge in [-0.1, -0.05) is 0 Å². The molecule has 0 aliphatic carbocycles. The van der Waals surface area contributed by atoms with Gasteiger partial charge >= 0.3 is 0 Å². The van der Waals surface area contributed by atoms with Crippen LogP contribution in [-0.2, 0) is 4.74 Å². The summed E-state index contributed by atoms with van der Waals surface area (Å²) in [6.45, 7) is 1.53. The number of ether oxygens (including phenoxy) is 1. The largest absolute Gasteiger partial charge is 0.387 e. The molecule has 0 saturated carbocycles. The minimum Gasteiger partial charge on any atom is -0.387 e. The van der Waals surface area contributed by atoms with Gasteiger partial charge in [0.1, 0.15) is 0 Å². The van der Waals surface area contributed by atoms with Crippen molar-refractivity contribution in [2.75, 3.05) is 13.2 Å². The summed E-state index contributed by atoms with van der Waals surface area (Å²) >= 11 is 5.04. The van der Waals surface area contributed by atoms with Gasteiger partial charge in [0.2, 0.25) is 0 Å². The zero-order chi connectivity index (χ0) is 9.97. The average molecular weight is 277 g/mol. The van der Waals surface area contributed by atoms with E-state index in [9.17, 15) is 5.11 Å². The molecule has 2 heterocycles. The number of thiophene rings is 1. The van der Waals surface area contributed by atoms with Crippen molar-refractivity contribution in [2.45, 2.75) is 18.9 Å². The molecule has 2 rings (SSSR count). The zero-order valence-electron chi connectivity index (χ0n) is 7.78. The van der Waals surface area contributed by atoms with Crippen molar-refractivity contribution in [3.05, 3.63) is 20.8 Å². The molecule has 2 unspecified atom stereocenters. The summed E-state index contributed by atoms with van der Waals surface area (Å²) in [7, 11) is 0. The van der Waals surface area contributed by atoms with Gasteiger partial charge in [0.15, 0.2) is 0 Å². The van der Waals surface area contributed by atoms with Crippen LogP contribution in [0.1, 0.15) is 23.8 Å². The van der Waals surface area contributed by atoms with Gasteiger partial charge in [-0.2, -0.15) is 0 Å². The third-order valence-electron chi connectivity index (χ3n) is 2.56. The number of hydrogen-bond donors (Lipinski definition) is 1. The Labute approximate surface area is 96.0 Å². The maximum absolute atomic E-state index is 10.1. The van der Waals surface area contributed by atoms with Crippen LogP contribution >= 0.6 is 27.3 Å². The van der Waals surface area contributed by atoms with Crippen molar-refractivity contribution >= 4 is 27.3 Å². The lowest BCUT2D eigenvalue weighted by Crippen LogP contribution is -2.23. The van der Waals surface area contributed by atoms with Crippen LogP contribution in [0.4, 0.5) is 0 Å². The molecule has 1 saturated heterocycles. The lowest BCUT2D eigenvalue weighted by molar-refractivity contribution is -0.00885. The molecule has 2 nitrogen and oxygen atoms in total. The minimum absolute atomic E-state index is 0.263. The van der Waals surface area contributed by atoms with E-state index in [-0.39, 0.29) is 12.0 Å². The Balaban J connectivity index is 2.07. The molecule has 0 amide bonds. The maximum Gasteiger partial charge on any atom is 0.0943 e. The molecule has 1 fully saturated rings. The number of rotatable bonds is 2. The first-order chi connectivity index (χ1) is 6.79. The SMILES string of the molecule is OC(c1sccc1Br)C1CCCOC1. The summed E-state index contributed by atoms with van der Waals surface area (Å²) in [6, 6.07) is 1.98. The lowest BCUT2D eigenvalue weighted by Gasteiger charge is -2.26. The molecule has 0 spiro atoms. The first-order valence-corrected chi connectivity index (χ1v) is 6.45. The Kier molecular flexibility index (Phi) is 3.60. The second-order valence-corrected chi connectivity index (χ2v) is 5.36. The van der Waals surface area contributed by atoms with E-state index >= 15 is 0 Å². The normalized spacial score (nSPS) is 24.9. The van der Waals surface area contributed by atoms with Crippen molar-refractivity contribution in [2.24, 2.45) is 5.92 Å². The fourth-order valence-electron chi connectivity index (χ4n) is 1.75. The van der Waals surface area contributed by atoms with Crippen LogP contribution in [0.3, 0.4) is 0 Å². The van der Waals surface area contributed by atoms with Crippen molar-refractivity contribution < 1.29 is 9.84 Å². The summed E-state index contributed by atoms with van der Waals surface area (Å²) in [5.41, 5.74) is 0. The number of hydrogen-bond acceptors (Lipinski definition) is 3. The van der Waals surface area contributed by atoms with Crippen LogP contribution in [0, 0.1) is 5.92 Å². The third-order valence-corrected chi connectivity index (χ3v) is 4.50. The van der Waals surface area contributed by atoms with E-state index in [0.29, 0.717) is 6.61 Å². The minimum atomic E-state index is -0.371. The van der Waals surface area contributed by atoms with Crippen molar-refractivity contribution in [1.82, 2.24) is 0 Å². The Morgan fingerprint density at radius 1 is 1.64 bits per heavy atom. The quantitative estimate of drug-likeness (QED) is 0.900. The summed E-state index contributed by atoms with van der Waals surface area (Å²) in [5.74, 6) is 0.263. The van der Waals surface area contributed by atoms with E-state index < -0.39 is 0 Å². The third kappa shape index (κ3) is 2.19. The number of aliphatic hydroxyl groups excluding tert-OH is 1. The van der Waals surface area contributed by atoms with E-state index in [4.69, 9.17) is 4.74 Å². The van der Waals surface area contributed by atoms with Gasteiger partial charge in [-0.3, -0.25) is 0 Å². The highest BCUT2D eigenvalue weighted by Gasteiger charge is 2.25. The lowest BCUT2D eigenvalue weighted by atomic mass is 9.95. The summed E-state index contributed by atoms with van der Waals surface area (Å²) < 4.78 is 6.38. The Morgan fingerprint density at radius 3 is 3.07 bits per heavy atom. The van der Waals surface area contributed by atoms with Crippen molar-refractivity contribution in [3.63, 3.8) is 0 Å². The fraction of sp³-hybridized carbons (Fsp3) is 0.600. The van der Waals surface area contributed by atoms with E-state index in [2.05, 4.69) is 15.9 Å². The highest BCUT2D eigenvalue weighted by molar-refractivity contribution is 9.10. The molecule has 1 N–H and O–H groups in total. The highest BCUT2D eigenvalue weighted by Crippen LogP contribution is 2.36. The summed E-state index contributed by atoms with van der Waals surface area (Å²) in [4.78, 5) is 1.03. The van der Waals surface area contributed by atoms with E-state index in [1.54, 1.807) is 11.3 Å². The number of halogens is 1. The first-order valence-electron chi connectivity index (χ1n) is 4.77.